The Morgan fingerprint density at radius 2 is 2.35 bits per heavy atom. The van der Waals surface area contributed by atoms with E-state index >= 15 is 0 Å². The Balaban J connectivity index is 1.59. The van der Waals surface area contributed by atoms with Crippen LogP contribution in [0.15, 0.2) is 23.1 Å². The highest BCUT2D eigenvalue weighted by Crippen LogP contribution is 2.36. The molecule has 1 aromatic rings. The molecule has 1 saturated heterocycles. The van der Waals surface area contributed by atoms with Gasteiger partial charge in [0.25, 0.3) is 0 Å². The lowest BCUT2D eigenvalue weighted by Gasteiger charge is -2.30. The average molecular weight is 336 g/mol. The summed E-state index contributed by atoms with van der Waals surface area (Å²) in [5.41, 5.74) is 0.932. The third-order valence-corrected chi connectivity index (χ3v) is 6.12. The quantitative estimate of drug-likeness (QED) is 0.884. The van der Waals surface area contributed by atoms with Crippen molar-refractivity contribution in [3.05, 3.63) is 29.6 Å². The Hall–Kier alpha value is -1.07. The molecule has 1 amide bonds. The Morgan fingerprint density at radius 1 is 1.48 bits per heavy atom. The minimum Gasteiger partial charge on any atom is -0.349 e. The van der Waals surface area contributed by atoms with Gasteiger partial charge < -0.3 is 10.6 Å². The molecule has 3 atom stereocenters. The van der Waals surface area contributed by atoms with Crippen LogP contribution >= 0.6 is 11.8 Å². The zero-order valence-corrected chi connectivity index (χ0v) is 14.4. The summed E-state index contributed by atoms with van der Waals surface area (Å²) >= 11 is 1.74. The highest BCUT2D eigenvalue weighted by Gasteiger charge is 2.26. The van der Waals surface area contributed by atoms with Crippen LogP contribution in [0.3, 0.4) is 0 Å². The van der Waals surface area contributed by atoms with Crippen molar-refractivity contribution in [2.45, 2.75) is 43.5 Å². The van der Waals surface area contributed by atoms with Gasteiger partial charge in [-0.25, -0.2) is 4.39 Å². The molecule has 23 heavy (non-hydrogen) atoms. The number of hydrogen-bond acceptors (Lipinski definition) is 3. The lowest BCUT2D eigenvalue weighted by Crippen LogP contribution is -2.37. The molecular weight excluding hydrogens is 311 g/mol. The normalized spacial score (nSPS) is 25.5. The zero-order chi connectivity index (χ0) is 16.2. The summed E-state index contributed by atoms with van der Waals surface area (Å²) < 4.78 is 13.5. The molecule has 126 valence electrons. The number of fused-ring (bicyclic) bond motifs is 1. The van der Waals surface area contributed by atoms with Crippen molar-refractivity contribution in [3.63, 3.8) is 0 Å². The lowest BCUT2D eigenvalue weighted by atomic mass is 9.85. The van der Waals surface area contributed by atoms with Gasteiger partial charge in [-0.1, -0.05) is 6.92 Å². The Labute approximate surface area is 141 Å². The van der Waals surface area contributed by atoms with Crippen molar-refractivity contribution in [3.8, 4) is 0 Å². The summed E-state index contributed by atoms with van der Waals surface area (Å²) in [6.07, 6.45) is 3.82. The Morgan fingerprint density at radius 3 is 3.13 bits per heavy atom. The molecule has 3 rings (SSSR count). The second kappa shape index (κ2) is 7.67. The summed E-state index contributed by atoms with van der Waals surface area (Å²) in [5.74, 6) is 1.79. The minimum atomic E-state index is -0.229. The smallest absolute Gasteiger partial charge is 0.220 e. The summed E-state index contributed by atoms with van der Waals surface area (Å²) in [5, 5.41) is 6.55. The zero-order valence-electron chi connectivity index (χ0n) is 13.6. The number of rotatable bonds is 4. The predicted molar refractivity (Wildman–Crippen MR) is 92.0 cm³/mol. The molecule has 0 spiro atoms. The number of piperidine rings is 1. The van der Waals surface area contributed by atoms with Gasteiger partial charge in [0.1, 0.15) is 5.82 Å². The predicted octanol–water partition coefficient (Wildman–Crippen LogP) is 3.50. The molecule has 2 aliphatic heterocycles. The van der Waals surface area contributed by atoms with Gasteiger partial charge in [-0.2, -0.15) is 0 Å². The number of halogens is 1. The summed E-state index contributed by atoms with van der Waals surface area (Å²) in [4.78, 5) is 13.5. The molecule has 5 heteroatoms. The van der Waals surface area contributed by atoms with Crippen molar-refractivity contribution in [1.82, 2.24) is 10.6 Å². The molecule has 0 bridgehead atoms. The van der Waals surface area contributed by atoms with E-state index in [1.165, 1.54) is 18.9 Å². The highest BCUT2D eigenvalue weighted by molar-refractivity contribution is 7.99. The second-order valence-corrected chi connectivity index (χ2v) is 7.86. The van der Waals surface area contributed by atoms with Crippen LogP contribution in [0.2, 0.25) is 0 Å². The van der Waals surface area contributed by atoms with Crippen LogP contribution in [-0.2, 0) is 4.79 Å². The Kier molecular flexibility index (Phi) is 5.59. The van der Waals surface area contributed by atoms with Crippen molar-refractivity contribution >= 4 is 17.7 Å². The van der Waals surface area contributed by atoms with Gasteiger partial charge in [0.05, 0.1) is 6.04 Å². The van der Waals surface area contributed by atoms with Gasteiger partial charge in [0, 0.05) is 17.1 Å². The van der Waals surface area contributed by atoms with E-state index in [9.17, 15) is 9.18 Å². The first-order valence-electron chi connectivity index (χ1n) is 8.56. The molecule has 0 aliphatic carbocycles. The van der Waals surface area contributed by atoms with E-state index in [-0.39, 0.29) is 17.8 Å². The molecule has 2 heterocycles. The maximum Gasteiger partial charge on any atom is 0.220 e. The number of nitrogens with one attached hydrogen (secondary N) is 2. The van der Waals surface area contributed by atoms with E-state index in [4.69, 9.17) is 0 Å². The Bertz CT molecular complexity index is 560. The van der Waals surface area contributed by atoms with Crippen molar-refractivity contribution in [1.29, 1.82) is 0 Å². The third kappa shape index (κ3) is 4.27. The third-order valence-electron chi connectivity index (χ3n) is 4.99. The lowest BCUT2D eigenvalue weighted by molar-refractivity contribution is -0.123. The standard InChI is InChI=1S/C18H25FN2OS/c1-12(13-3-2-7-20-11-13)9-18(22)21-16-6-8-23-17-5-4-14(19)10-15(16)17/h4-5,10,12-13,16,20H,2-3,6-9,11H2,1H3,(H,21,22). The molecular formula is C18H25FN2OS. The molecule has 0 aromatic heterocycles. The fraction of sp³-hybridized carbons (Fsp3) is 0.611. The molecule has 0 saturated carbocycles. The first-order valence-corrected chi connectivity index (χ1v) is 9.54. The molecule has 3 nitrogen and oxygen atoms in total. The van der Waals surface area contributed by atoms with Gasteiger partial charge in [-0.15, -0.1) is 11.8 Å². The van der Waals surface area contributed by atoms with Gasteiger partial charge in [0.15, 0.2) is 0 Å². The van der Waals surface area contributed by atoms with Gasteiger partial charge >= 0.3 is 0 Å². The summed E-state index contributed by atoms with van der Waals surface area (Å²) in [7, 11) is 0. The first-order chi connectivity index (χ1) is 11.1. The van der Waals surface area contributed by atoms with E-state index in [1.54, 1.807) is 17.8 Å². The van der Waals surface area contributed by atoms with Crippen molar-refractivity contribution in [2.24, 2.45) is 11.8 Å². The first kappa shape index (κ1) is 16.8. The topological polar surface area (TPSA) is 41.1 Å². The van der Waals surface area contributed by atoms with Gasteiger partial charge in [-0.05, 0) is 68.0 Å². The van der Waals surface area contributed by atoms with E-state index < -0.39 is 0 Å². The number of thioether (sulfide) groups is 1. The van der Waals surface area contributed by atoms with Crippen LogP contribution in [0.1, 0.15) is 44.2 Å². The molecule has 0 radical (unpaired) electrons. The molecule has 2 aliphatic rings. The molecule has 2 N–H and O–H groups in total. The number of amides is 1. The number of hydrogen-bond donors (Lipinski definition) is 2. The minimum absolute atomic E-state index is 0.0499. The summed E-state index contributed by atoms with van der Waals surface area (Å²) in [6, 6.07) is 4.84. The van der Waals surface area contributed by atoms with Gasteiger partial charge in [-0.3, -0.25) is 4.79 Å². The van der Waals surface area contributed by atoms with Crippen LogP contribution in [0.25, 0.3) is 0 Å². The second-order valence-electron chi connectivity index (χ2n) is 6.73. The van der Waals surface area contributed by atoms with Crippen LogP contribution in [0.4, 0.5) is 4.39 Å². The van der Waals surface area contributed by atoms with E-state index in [0.29, 0.717) is 18.3 Å². The van der Waals surface area contributed by atoms with Crippen molar-refractivity contribution < 1.29 is 9.18 Å². The maximum atomic E-state index is 13.5. The number of carbonyl (C=O) groups is 1. The van der Waals surface area contributed by atoms with E-state index in [2.05, 4.69) is 17.6 Å². The maximum absolute atomic E-state index is 13.5. The van der Waals surface area contributed by atoms with Crippen LogP contribution in [0, 0.1) is 17.7 Å². The highest BCUT2D eigenvalue weighted by atomic mass is 32.2. The van der Waals surface area contributed by atoms with E-state index in [1.807, 2.05) is 6.07 Å². The van der Waals surface area contributed by atoms with Crippen LogP contribution < -0.4 is 10.6 Å². The average Bonchev–Trinajstić information content (AvgIpc) is 2.56. The monoisotopic (exact) mass is 336 g/mol. The van der Waals surface area contributed by atoms with Crippen LogP contribution in [0.5, 0.6) is 0 Å². The van der Waals surface area contributed by atoms with Crippen molar-refractivity contribution in [2.75, 3.05) is 18.8 Å². The van der Waals surface area contributed by atoms with Gasteiger partial charge in [0.2, 0.25) is 5.91 Å². The molecule has 1 aromatic carbocycles. The molecule has 1 fully saturated rings. The largest absolute Gasteiger partial charge is 0.349 e. The van der Waals surface area contributed by atoms with E-state index in [0.717, 1.165) is 35.7 Å². The SMILES string of the molecule is CC(CC(=O)NC1CCSc2ccc(F)cc21)C1CCCNC1. The number of carbonyl (C=O) groups excluding carboxylic acids is 1. The molecule has 3 unspecified atom stereocenters. The van der Waals surface area contributed by atoms with Crippen LogP contribution in [-0.4, -0.2) is 24.7 Å². The fourth-order valence-corrected chi connectivity index (χ4v) is 4.70. The fourth-order valence-electron chi connectivity index (χ4n) is 3.59. The summed E-state index contributed by atoms with van der Waals surface area (Å²) in [6.45, 7) is 4.28. The number of benzene rings is 1.